The van der Waals surface area contributed by atoms with Crippen LogP contribution in [0.2, 0.25) is 19.1 Å². The monoisotopic (exact) mass is 270 g/mol. The smallest absolute Gasteiger partial charge is 0.0995 e. The highest BCUT2D eigenvalue weighted by atomic mass is 28.3. The van der Waals surface area contributed by atoms with Gasteiger partial charge in [-0.3, -0.25) is 0 Å². The molecule has 0 fully saturated rings. The number of imidazole rings is 1. The summed E-state index contributed by atoms with van der Waals surface area (Å²) in [6.07, 6.45) is 6.44. The van der Waals surface area contributed by atoms with Crippen LogP contribution in [0.3, 0.4) is 0 Å². The Balaban J connectivity index is 2.20. The molecule has 3 heteroatoms. The van der Waals surface area contributed by atoms with Gasteiger partial charge in [0.25, 0.3) is 0 Å². The second-order valence-corrected chi connectivity index (χ2v) is 11.0. The molecule has 100 valence electrons. The van der Waals surface area contributed by atoms with E-state index in [1.54, 1.807) is 10.8 Å². The first kappa shape index (κ1) is 12.7. The van der Waals surface area contributed by atoms with Crippen molar-refractivity contribution >= 4 is 13.3 Å². The van der Waals surface area contributed by atoms with E-state index in [1.165, 1.54) is 29.4 Å². The van der Waals surface area contributed by atoms with Gasteiger partial charge >= 0.3 is 0 Å². The minimum absolute atomic E-state index is 1.00. The molecule has 2 aromatic rings. The predicted octanol–water partition coefficient (Wildman–Crippen LogP) is 3.21. The molecule has 1 aliphatic rings. The first-order chi connectivity index (χ1) is 9.03. The van der Waals surface area contributed by atoms with Gasteiger partial charge in [0.15, 0.2) is 0 Å². The zero-order valence-electron chi connectivity index (χ0n) is 12.3. The Morgan fingerprint density at radius 1 is 1.32 bits per heavy atom. The van der Waals surface area contributed by atoms with Crippen LogP contribution in [0.5, 0.6) is 0 Å². The maximum atomic E-state index is 4.49. The van der Waals surface area contributed by atoms with Gasteiger partial charge in [-0.25, -0.2) is 4.98 Å². The summed E-state index contributed by atoms with van der Waals surface area (Å²) in [7, 11) is -1.27. The molecule has 3 rings (SSSR count). The number of fused-ring (bicyclic) bond motifs is 1. The summed E-state index contributed by atoms with van der Waals surface area (Å²) in [5, 5.41) is 1.66. The third kappa shape index (κ3) is 1.96. The highest BCUT2D eigenvalue weighted by Gasteiger charge is 2.35. The lowest BCUT2D eigenvalue weighted by Gasteiger charge is -2.21. The van der Waals surface area contributed by atoms with E-state index in [0.29, 0.717) is 0 Å². The van der Waals surface area contributed by atoms with Crippen molar-refractivity contribution in [2.75, 3.05) is 0 Å². The van der Waals surface area contributed by atoms with Gasteiger partial charge in [0.1, 0.15) is 0 Å². The molecular formula is C16H22N2Si. The van der Waals surface area contributed by atoms with Gasteiger partial charge in [0.2, 0.25) is 0 Å². The molecule has 0 atom stereocenters. The SMILES string of the molecule is CCc1cn(-c2ccc(C)c3c2[Si](C)(C)CC3)cn1. The second kappa shape index (κ2) is 4.34. The van der Waals surface area contributed by atoms with E-state index in [2.05, 4.69) is 54.8 Å². The van der Waals surface area contributed by atoms with E-state index < -0.39 is 8.07 Å². The first-order valence-corrected chi connectivity index (χ1v) is 10.4. The molecule has 19 heavy (non-hydrogen) atoms. The Kier molecular flexibility index (Phi) is 2.89. The molecule has 0 unspecified atom stereocenters. The number of hydrogen-bond acceptors (Lipinski definition) is 1. The topological polar surface area (TPSA) is 17.8 Å². The predicted molar refractivity (Wildman–Crippen MR) is 83.3 cm³/mol. The van der Waals surface area contributed by atoms with Crippen molar-refractivity contribution in [3.8, 4) is 5.69 Å². The molecule has 2 heterocycles. The number of benzene rings is 1. The number of nitrogens with zero attached hydrogens (tertiary/aromatic N) is 2. The zero-order chi connectivity index (χ0) is 13.6. The molecule has 2 nitrogen and oxygen atoms in total. The van der Waals surface area contributed by atoms with Crippen molar-refractivity contribution in [2.24, 2.45) is 0 Å². The third-order valence-corrected chi connectivity index (χ3v) is 7.89. The third-order valence-electron chi connectivity index (χ3n) is 4.48. The lowest BCUT2D eigenvalue weighted by Crippen LogP contribution is -2.40. The standard InChI is InChI=1S/C16H22N2Si/c1-5-13-10-18(11-17-13)15-7-6-12(2)14-8-9-19(3,4)16(14)15/h6-7,10-11H,5,8-9H2,1-4H3. The zero-order valence-corrected chi connectivity index (χ0v) is 13.3. The van der Waals surface area contributed by atoms with E-state index in [4.69, 9.17) is 0 Å². The van der Waals surface area contributed by atoms with Crippen LogP contribution in [0.4, 0.5) is 0 Å². The maximum Gasteiger partial charge on any atom is 0.0995 e. The molecule has 0 radical (unpaired) electrons. The van der Waals surface area contributed by atoms with Gasteiger partial charge in [-0.05, 0) is 48.2 Å². The van der Waals surface area contributed by atoms with Crippen molar-refractivity contribution < 1.29 is 0 Å². The fourth-order valence-corrected chi connectivity index (χ4v) is 6.44. The van der Waals surface area contributed by atoms with Gasteiger partial charge in [0, 0.05) is 11.9 Å². The molecule has 0 amide bonds. The molecule has 0 spiro atoms. The molecule has 0 saturated heterocycles. The summed E-state index contributed by atoms with van der Waals surface area (Å²) in [6.45, 7) is 9.41. The second-order valence-electron chi connectivity index (χ2n) is 6.26. The lowest BCUT2D eigenvalue weighted by atomic mass is 10.1. The van der Waals surface area contributed by atoms with Crippen LogP contribution in [0.1, 0.15) is 23.7 Å². The van der Waals surface area contributed by atoms with E-state index >= 15 is 0 Å². The molecule has 1 aromatic carbocycles. The minimum Gasteiger partial charge on any atom is -0.306 e. The lowest BCUT2D eigenvalue weighted by molar-refractivity contribution is 1.05. The van der Waals surface area contributed by atoms with Crippen LogP contribution in [0.15, 0.2) is 24.7 Å². The van der Waals surface area contributed by atoms with Gasteiger partial charge in [-0.1, -0.05) is 26.1 Å². The maximum absolute atomic E-state index is 4.49. The summed E-state index contributed by atoms with van der Waals surface area (Å²) in [5.41, 5.74) is 5.63. The van der Waals surface area contributed by atoms with Crippen molar-refractivity contribution in [3.05, 3.63) is 41.5 Å². The number of rotatable bonds is 2. The Morgan fingerprint density at radius 3 is 2.79 bits per heavy atom. The van der Waals surface area contributed by atoms with Crippen LogP contribution in [0.25, 0.3) is 5.69 Å². The average Bonchev–Trinajstić information content (AvgIpc) is 2.96. The normalized spacial score (nSPS) is 16.6. The highest BCUT2D eigenvalue weighted by Crippen LogP contribution is 2.29. The first-order valence-electron chi connectivity index (χ1n) is 7.19. The highest BCUT2D eigenvalue weighted by molar-refractivity contribution is 6.91. The van der Waals surface area contributed by atoms with E-state index in [0.717, 1.165) is 6.42 Å². The molecular weight excluding hydrogens is 248 g/mol. The van der Waals surface area contributed by atoms with Gasteiger partial charge in [0.05, 0.1) is 20.1 Å². The molecule has 0 bridgehead atoms. The summed E-state index contributed by atoms with van der Waals surface area (Å²) < 4.78 is 2.23. The number of hydrogen-bond donors (Lipinski definition) is 0. The number of aromatic nitrogens is 2. The molecule has 1 aliphatic heterocycles. The minimum atomic E-state index is -1.27. The Morgan fingerprint density at radius 2 is 2.11 bits per heavy atom. The molecule has 0 N–H and O–H groups in total. The van der Waals surface area contributed by atoms with Gasteiger partial charge < -0.3 is 4.57 Å². The van der Waals surface area contributed by atoms with Crippen LogP contribution in [0, 0.1) is 6.92 Å². The quantitative estimate of drug-likeness (QED) is 0.766. The fraction of sp³-hybridized carbons (Fsp3) is 0.438. The Bertz CT molecular complexity index is 626. The van der Waals surface area contributed by atoms with E-state index in [9.17, 15) is 0 Å². The van der Waals surface area contributed by atoms with Crippen molar-refractivity contribution in [1.82, 2.24) is 9.55 Å². The van der Waals surface area contributed by atoms with Crippen LogP contribution < -0.4 is 5.19 Å². The van der Waals surface area contributed by atoms with E-state index in [-0.39, 0.29) is 0 Å². The van der Waals surface area contributed by atoms with Crippen LogP contribution in [-0.2, 0) is 12.8 Å². The van der Waals surface area contributed by atoms with Crippen LogP contribution in [-0.4, -0.2) is 17.6 Å². The summed E-state index contributed by atoms with van der Waals surface area (Å²) in [6, 6.07) is 5.94. The van der Waals surface area contributed by atoms with Gasteiger partial charge in [-0.2, -0.15) is 0 Å². The van der Waals surface area contributed by atoms with Crippen LogP contribution >= 0.6 is 0 Å². The average molecular weight is 270 g/mol. The van der Waals surface area contributed by atoms with Gasteiger partial charge in [-0.15, -0.1) is 0 Å². The summed E-state index contributed by atoms with van der Waals surface area (Å²) in [5.74, 6) is 0. The van der Waals surface area contributed by atoms with Crippen molar-refractivity contribution in [3.63, 3.8) is 0 Å². The van der Waals surface area contributed by atoms with Crippen molar-refractivity contribution in [2.45, 2.75) is 45.8 Å². The Hall–Kier alpha value is -1.35. The summed E-state index contributed by atoms with van der Waals surface area (Å²) in [4.78, 5) is 4.49. The molecule has 0 saturated carbocycles. The largest absolute Gasteiger partial charge is 0.306 e. The summed E-state index contributed by atoms with van der Waals surface area (Å²) >= 11 is 0. The fourth-order valence-electron chi connectivity index (χ4n) is 3.27. The number of aryl methyl sites for hydroxylation is 2. The Labute approximate surface area is 116 Å². The van der Waals surface area contributed by atoms with E-state index in [1.807, 2.05) is 6.33 Å². The molecule has 1 aromatic heterocycles. The molecule has 0 aliphatic carbocycles. The van der Waals surface area contributed by atoms with Crippen molar-refractivity contribution in [1.29, 1.82) is 0 Å².